The molecule has 12 heteroatoms. The average molecular weight is 638 g/mol. The van der Waals surface area contributed by atoms with Crippen molar-refractivity contribution in [2.24, 2.45) is 7.05 Å². The molecule has 0 atom stereocenters. The number of amides is 1. The molecule has 0 aliphatic rings. The molecule has 3 aromatic heterocycles. The summed E-state index contributed by atoms with van der Waals surface area (Å²) in [4.78, 5) is 18.2. The SMILES string of the molecule is CNC(=O)c1c(-c2ccc(F)cc2)oc2cc(N(C)S(C)(=O)=O)c(-c3ccc(OC)c(-c4cc5cc(C#N)ccc5n4C)n3)cc12. The minimum absolute atomic E-state index is 0.203. The topological polar surface area (TPSA) is 130 Å². The number of furan rings is 1. The van der Waals surface area contributed by atoms with Crippen molar-refractivity contribution in [3.05, 3.63) is 89.7 Å². The molecular weight excluding hydrogens is 609 g/mol. The third-order valence-electron chi connectivity index (χ3n) is 7.97. The highest BCUT2D eigenvalue weighted by Gasteiger charge is 2.27. The lowest BCUT2D eigenvalue weighted by Crippen LogP contribution is -2.25. The number of rotatable bonds is 7. The van der Waals surface area contributed by atoms with Crippen LogP contribution in [0.25, 0.3) is 55.8 Å². The Labute approximate surface area is 264 Å². The monoisotopic (exact) mass is 637 g/mol. The Morgan fingerprint density at radius 3 is 2.48 bits per heavy atom. The van der Waals surface area contributed by atoms with Crippen LogP contribution >= 0.6 is 0 Å². The predicted molar refractivity (Wildman–Crippen MR) is 175 cm³/mol. The molecular formula is C34H28FN5O5S. The number of aryl methyl sites for hydroxylation is 1. The van der Waals surface area contributed by atoms with Crippen molar-refractivity contribution in [1.82, 2.24) is 14.9 Å². The van der Waals surface area contributed by atoms with Gasteiger partial charge in [0.25, 0.3) is 5.91 Å². The first-order valence-electron chi connectivity index (χ1n) is 14.0. The molecule has 3 aromatic carbocycles. The number of pyridine rings is 1. The first-order valence-corrected chi connectivity index (χ1v) is 15.9. The summed E-state index contributed by atoms with van der Waals surface area (Å²) in [5.74, 6) is -0.208. The molecule has 0 bridgehead atoms. The Morgan fingerprint density at radius 2 is 1.83 bits per heavy atom. The van der Waals surface area contributed by atoms with E-state index in [1.54, 1.807) is 36.4 Å². The number of carbonyl (C=O) groups is 1. The number of halogens is 1. The third-order valence-corrected chi connectivity index (χ3v) is 9.16. The van der Waals surface area contributed by atoms with Gasteiger partial charge in [-0.15, -0.1) is 0 Å². The number of ether oxygens (including phenoxy) is 1. The summed E-state index contributed by atoms with van der Waals surface area (Å²) >= 11 is 0. The molecule has 10 nitrogen and oxygen atoms in total. The lowest BCUT2D eigenvalue weighted by molar-refractivity contribution is 0.0964. The molecule has 0 aliphatic heterocycles. The average Bonchev–Trinajstić information content (AvgIpc) is 3.59. The van der Waals surface area contributed by atoms with Crippen LogP contribution in [0.4, 0.5) is 10.1 Å². The second-order valence-corrected chi connectivity index (χ2v) is 12.7. The maximum absolute atomic E-state index is 13.8. The molecule has 0 spiro atoms. The van der Waals surface area contributed by atoms with Crippen molar-refractivity contribution in [2.45, 2.75) is 0 Å². The van der Waals surface area contributed by atoms with Gasteiger partial charge in [-0.3, -0.25) is 9.10 Å². The van der Waals surface area contributed by atoms with E-state index >= 15 is 0 Å². The molecule has 46 heavy (non-hydrogen) atoms. The van der Waals surface area contributed by atoms with Crippen molar-refractivity contribution in [3.63, 3.8) is 0 Å². The van der Waals surface area contributed by atoms with Gasteiger partial charge < -0.3 is 19.0 Å². The highest BCUT2D eigenvalue weighted by atomic mass is 32.2. The lowest BCUT2D eigenvalue weighted by atomic mass is 10.0. The summed E-state index contributed by atoms with van der Waals surface area (Å²) in [5.41, 5.74) is 4.58. The van der Waals surface area contributed by atoms with Gasteiger partial charge in [-0.1, -0.05) is 0 Å². The zero-order valence-electron chi connectivity index (χ0n) is 25.5. The van der Waals surface area contributed by atoms with Crippen LogP contribution in [0.1, 0.15) is 15.9 Å². The minimum atomic E-state index is -3.75. The largest absolute Gasteiger partial charge is 0.494 e. The predicted octanol–water partition coefficient (Wildman–Crippen LogP) is 6.10. The number of anilines is 1. The van der Waals surface area contributed by atoms with Gasteiger partial charge in [-0.25, -0.2) is 17.8 Å². The normalized spacial score (nSPS) is 11.5. The van der Waals surface area contributed by atoms with Gasteiger partial charge in [0.15, 0.2) is 0 Å². The molecule has 0 radical (unpaired) electrons. The number of hydrogen-bond acceptors (Lipinski definition) is 7. The van der Waals surface area contributed by atoms with Gasteiger partial charge in [-0.2, -0.15) is 5.26 Å². The van der Waals surface area contributed by atoms with E-state index in [9.17, 15) is 22.9 Å². The Kier molecular flexibility index (Phi) is 7.50. The van der Waals surface area contributed by atoms with Crippen LogP contribution in [0, 0.1) is 17.1 Å². The van der Waals surface area contributed by atoms with Crippen LogP contribution in [0.5, 0.6) is 5.75 Å². The number of fused-ring (bicyclic) bond motifs is 2. The lowest BCUT2D eigenvalue weighted by Gasteiger charge is -2.21. The van der Waals surface area contributed by atoms with Gasteiger partial charge >= 0.3 is 0 Å². The Hall–Kier alpha value is -5.67. The summed E-state index contributed by atoms with van der Waals surface area (Å²) in [7, 11) is 2.57. The standard InChI is InChI=1S/C34H28FN5O5S/c1-37-34(41)31-24-16-23(27(40(3)46(5,42)43)17-30(24)45-33(31)20-7-9-22(35)10-8-20)25-11-13-29(44-4)32(38-25)28-15-21-14-19(18-36)6-12-26(21)39(28)2/h6-17H,1-5H3,(H,37,41). The molecule has 0 saturated carbocycles. The van der Waals surface area contributed by atoms with Crippen LogP contribution in [0.15, 0.2) is 77.2 Å². The van der Waals surface area contributed by atoms with Crippen LogP contribution in [-0.4, -0.2) is 51.3 Å². The summed E-state index contributed by atoms with van der Waals surface area (Å²) in [5, 5.41) is 13.3. The van der Waals surface area contributed by atoms with E-state index in [0.29, 0.717) is 44.9 Å². The van der Waals surface area contributed by atoms with Crippen molar-refractivity contribution < 1.29 is 26.8 Å². The number of nitrogens with zero attached hydrogens (tertiary/aromatic N) is 4. The molecule has 1 amide bonds. The summed E-state index contributed by atoms with van der Waals surface area (Å²) in [6, 6.07) is 21.7. The maximum atomic E-state index is 13.8. The smallest absolute Gasteiger partial charge is 0.255 e. The van der Waals surface area contributed by atoms with Crippen molar-refractivity contribution in [1.29, 1.82) is 5.26 Å². The van der Waals surface area contributed by atoms with E-state index < -0.39 is 21.7 Å². The molecule has 0 saturated heterocycles. The second kappa shape index (κ2) is 11.4. The number of carbonyl (C=O) groups excluding carboxylic acids is 1. The first-order chi connectivity index (χ1) is 21.9. The van der Waals surface area contributed by atoms with Crippen molar-refractivity contribution in [2.75, 3.05) is 31.8 Å². The zero-order chi connectivity index (χ0) is 32.9. The minimum Gasteiger partial charge on any atom is -0.494 e. The van der Waals surface area contributed by atoms with E-state index in [4.69, 9.17) is 14.1 Å². The van der Waals surface area contributed by atoms with E-state index in [1.807, 2.05) is 23.7 Å². The fraction of sp³-hybridized carbons (Fsp3) is 0.147. The number of methoxy groups -OCH3 is 1. The van der Waals surface area contributed by atoms with Crippen LogP contribution in [0.3, 0.4) is 0 Å². The summed E-state index contributed by atoms with van der Waals surface area (Å²) in [6.07, 6.45) is 1.08. The number of hydrogen-bond donors (Lipinski definition) is 1. The quantitative estimate of drug-likeness (QED) is 0.224. The fourth-order valence-corrected chi connectivity index (χ4v) is 6.03. The number of aromatic nitrogens is 2. The fourth-order valence-electron chi connectivity index (χ4n) is 5.52. The molecule has 0 aliphatic carbocycles. The highest BCUT2D eigenvalue weighted by molar-refractivity contribution is 7.92. The third kappa shape index (κ3) is 5.10. The zero-order valence-corrected chi connectivity index (χ0v) is 26.4. The number of nitriles is 1. The van der Waals surface area contributed by atoms with Gasteiger partial charge in [0.05, 0.1) is 47.6 Å². The van der Waals surface area contributed by atoms with Crippen LogP contribution in [-0.2, 0) is 17.1 Å². The summed E-state index contributed by atoms with van der Waals surface area (Å²) < 4.78 is 54.4. The highest BCUT2D eigenvalue weighted by Crippen LogP contribution is 2.42. The molecule has 6 rings (SSSR count). The van der Waals surface area contributed by atoms with E-state index in [2.05, 4.69) is 11.4 Å². The number of nitrogens with one attached hydrogen (secondary N) is 1. The van der Waals surface area contributed by atoms with Gasteiger partial charge in [-0.05, 0) is 66.7 Å². The van der Waals surface area contributed by atoms with Gasteiger partial charge in [0.1, 0.15) is 28.6 Å². The number of sulfonamides is 1. The molecule has 6 aromatic rings. The second-order valence-electron chi connectivity index (χ2n) is 10.7. The first kappa shape index (κ1) is 30.4. The van der Waals surface area contributed by atoms with Gasteiger partial charge in [0.2, 0.25) is 10.0 Å². The van der Waals surface area contributed by atoms with E-state index in [1.165, 1.54) is 45.5 Å². The van der Waals surface area contributed by atoms with Gasteiger partial charge in [0, 0.05) is 54.6 Å². The van der Waals surface area contributed by atoms with Crippen molar-refractivity contribution >= 4 is 43.5 Å². The van der Waals surface area contributed by atoms with E-state index in [0.717, 1.165) is 21.5 Å². The van der Waals surface area contributed by atoms with Crippen LogP contribution < -0.4 is 14.4 Å². The number of benzene rings is 3. The Balaban J connectivity index is 1.64. The van der Waals surface area contributed by atoms with Crippen LogP contribution in [0.2, 0.25) is 0 Å². The molecule has 0 fully saturated rings. The molecule has 1 N–H and O–H groups in total. The Bertz CT molecular complexity index is 2340. The Morgan fingerprint density at radius 1 is 1.09 bits per heavy atom. The molecule has 232 valence electrons. The molecule has 3 heterocycles. The van der Waals surface area contributed by atoms with Crippen molar-refractivity contribution in [3.8, 4) is 45.8 Å². The van der Waals surface area contributed by atoms with E-state index in [-0.39, 0.29) is 22.6 Å². The maximum Gasteiger partial charge on any atom is 0.255 e. The summed E-state index contributed by atoms with van der Waals surface area (Å²) in [6.45, 7) is 0. The molecule has 0 unspecified atom stereocenters.